The summed E-state index contributed by atoms with van der Waals surface area (Å²) in [6.07, 6.45) is 3.85. The van der Waals surface area contributed by atoms with E-state index in [0.717, 1.165) is 29.1 Å². The number of β-amino-alcohol motifs (C(OH)–C–C–N with tert-alkyl or cyclic N) is 1. The lowest BCUT2D eigenvalue weighted by Gasteiger charge is -2.23. The standard InChI is InChI=1S/C18H18N4O4S/c23-14-8-19-18(26)27-15(14)7-10-3-4-12-11(6-10)16(21-9-20-12)22-5-1-2-13(22)17(24)25/h3-4,6-7,9,13-14,23H,1-2,5,8H2,(H,19,26)(H,24,25)/b15-7-/t13-,14?/m0/s1. The predicted molar refractivity (Wildman–Crippen MR) is 103 cm³/mol. The molecule has 0 bridgehead atoms. The lowest BCUT2D eigenvalue weighted by molar-refractivity contribution is -0.138. The number of hydrogen-bond donors (Lipinski definition) is 3. The first-order valence-electron chi connectivity index (χ1n) is 8.62. The Labute approximate surface area is 159 Å². The summed E-state index contributed by atoms with van der Waals surface area (Å²) < 4.78 is 0. The zero-order valence-electron chi connectivity index (χ0n) is 14.3. The SMILES string of the molecule is O=C1NCC(O)/C(=C/c2ccc3ncnc(N4CCC[C@H]4C(=O)O)c3c2)S1. The van der Waals surface area contributed by atoms with Crippen molar-refractivity contribution in [2.75, 3.05) is 18.0 Å². The topological polar surface area (TPSA) is 116 Å². The number of hydrogen-bond acceptors (Lipinski definition) is 7. The maximum atomic E-state index is 11.6. The van der Waals surface area contributed by atoms with Crippen LogP contribution in [-0.2, 0) is 4.79 Å². The number of fused-ring (bicyclic) bond motifs is 1. The molecule has 2 aromatic rings. The van der Waals surface area contributed by atoms with Crippen molar-refractivity contribution in [3.8, 4) is 0 Å². The monoisotopic (exact) mass is 386 g/mol. The number of aromatic nitrogens is 2. The highest BCUT2D eigenvalue weighted by atomic mass is 32.2. The summed E-state index contributed by atoms with van der Waals surface area (Å²) in [5.74, 6) is -0.259. The number of nitrogens with zero attached hydrogens (tertiary/aromatic N) is 3. The molecule has 2 saturated heterocycles. The minimum absolute atomic E-state index is 0.188. The van der Waals surface area contributed by atoms with E-state index in [1.807, 2.05) is 18.2 Å². The number of benzene rings is 1. The summed E-state index contributed by atoms with van der Waals surface area (Å²) in [5.41, 5.74) is 1.51. The molecule has 2 atom stereocenters. The van der Waals surface area contributed by atoms with E-state index in [9.17, 15) is 19.8 Å². The first kappa shape index (κ1) is 17.7. The second-order valence-electron chi connectivity index (χ2n) is 6.50. The van der Waals surface area contributed by atoms with Gasteiger partial charge < -0.3 is 20.4 Å². The number of carboxylic acid groups (broad SMARTS) is 1. The van der Waals surface area contributed by atoms with Gasteiger partial charge in [-0.3, -0.25) is 4.79 Å². The molecule has 3 N–H and O–H groups in total. The number of rotatable bonds is 3. The summed E-state index contributed by atoms with van der Waals surface area (Å²) in [4.78, 5) is 34.1. The Morgan fingerprint density at radius 1 is 1.37 bits per heavy atom. The average molecular weight is 386 g/mol. The molecular formula is C18H18N4O4S. The molecule has 8 nitrogen and oxygen atoms in total. The number of thioether (sulfide) groups is 1. The zero-order chi connectivity index (χ0) is 19.0. The number of aliphatic hydroxyl groups is 1. The largest absolute Gasteiger partial charge is 0.480 e. The van der Waals surface area contributed by atoms with Crippen molar-refractivity contribution >= 4 is 45.8 Å². The van der Waals surface area contributed by atoms with E-state index in [0.29, 0.717) is 29.2 Å². The molecule has 1 amide bonds. The van der Waals surface area contributed by atoms with Gasteiger partial charge in [-0.25, -0.2) is 14.8 Å². The van der Waals surface area contributed by atoms with Crippen molar-refractivity contribution in [3.63, 3.8) is 0 Å². The minimum Gasteiger partial charge on any atom is -0.480 e. The van der Waals surface area contributed by atoms with Crippen LogP contribution in [0.4, 0.5) is 10.6 Å². The number of nitrogens with one attached hydrogen (secondary N) is 1. The molecule has 2 aliphatic rings. The van der Waals surface area contributed by atoms with Crippen molar-refractivity contribution in [1.29, 1.82) is 0 Å². The molecule has 3 heterocycles. The number of anilines is 1. The van der Waals surface area contributed by atoms with Crippen LogP contribution >= 0.6 is 11.8 Å². The molecule has 2 fully saturated rings. The Kier molecular flexibility index (Phi) is 4.71. The van der Waals surface area contributed by atoms with Crippen LogP contribution in [0.5, 0.6) is 0 Å². The lowest BCUT2D eigenvalue weighted by atomic mass is 10.1. The smallest absolute Gasteiger partial charge is 0.326 e. The van der Waals surface area contributed by atoms with Crippen LogP contribution in [0.1, 0.15) is 18.4 Å². The van der Waals surface area contributed by atoms with Crippen LogP contribution < -0.4 is 10.2 Å². The fourth-order valence-electron chi connectivity index (χ4n) is 3.44. The van der Waals surface area contributed by atoms with Crippen molar-refractivity contribution < 1.29 is 19.8 Å². The molecule has 0 spiro atoms. The summed E-state index contributed by atoms with van der Waals surface area (Å²) in [6, 6.07) is 4.96. The fraction of sp³-hybridized carbons (Fsp3) is 0.333. The second kappa shape index (κ2) is 7.16. The second-order valence-corrected chi connectivity index (χ2v) is 7.54. The molecule has 4 rings (SSSR count). The van der Waals surface area contributed by atoms with E-state index in [2.05, 4.69) is 15.3 Å². The molecule has 9 heteroatoms. The van der Waals surface area contributed by atoms with Crippen LogP contribution in [0.25, 0.3) is 17.0 Å². The van der Waals surface area contributed by atoms with Crippen molar-refractivity contribution in [3.05, 3.63) is 35.0 Å². The summed E-state index contributed by atoms with van der Waals surface area (Å²) in [6.45, 7) is 0.816. The van der Waals surface area contributed by atoms with Gasteiger partial charge in [-0.1, -0.05) is 6.07 Å². The van der Waals surface area contributed by atoms with Crippen LogP contribution in [0.3, 0.4) is 0 Å². The summed E-state index contributed by atoms with van der Waals surface area (Å²) in [7, 11) is 0. The highest BCUT2D eigenvalue weighted by molar-refractivity contribution is 8.17. The first-order chi connectivity index (χ1) is 13.0. The normalized spacial score (nSPS) is 24.4. The van der Waals surface area contributed by atoms with Gasteiger partial charge in [0.25, 0.3) is 5.24 Å². The lowest BCUT2D eigenvalue weighted by Crippen LogP contribution is -2.36. The third kappa shape index (κ3) is 3.47. The van der Waals surface area contributed by atoms with E-state index >= 15 is 0 Å². The van der Waals surface area contributed by atoms with Crippen molar-refractivity contribution in [1.82, 2.24) is 15.3 Å². The number of carbonyl (C=O) groups is 2. The molecule has 1 aromatic heterocycles. The van der Waals surface area contributed by atoms with E-state index in [4.69, 9.17) is 0 Å². The Bertz CT molecular complexity index is 948. The maximum absolute atomic E-state index is 11.6. The quantitative estimate of drug-likeness (QED) is 0.732. The molecule has 1 aromatic carbocycles. The van der Waals surface area contributed by atoms with E-state index in [1.54, 1.807) is 11.0 Å². The van der Waals surface area contributed by atoms with Crippen LogP contribution in [-0.4, -0.2) is 56.6 Å². The van der Waals surface area contributed by atoms with E-state index in [-0.39, 0.29) is 11.8 Å². The van der Waals surface area contributed by atoms with Crippen LogP contribution in [0.2, 0.25) is 0 Å². The zero-order valence-corrected chi connectivity index (χ0v) is 15.1. The number of aliphatic carboxylic acids is 1. The molecule has 1 unspecified atom stereocenters. The van der Waals surface area contributed by atoms with Gasteiger partial charge in [0, 0.05) is 23.4 Å². The molecule has 0 radical (unpaired) electrons. The number of aliphatic hydroxyl groups excluding tert-OH is 1. The third-order valence-electron chi connectivity index (χ3n) is 4.74. The Hall–Kier alpha value is -2.65. The van der Waals surface area contributed by atoms with Gasteiger partial charge in [-0.15, -0.1) is 0 Å². The fourth-order valence-corrected chi connectivity index (χ4v) is 4.22. The molecular weight excluding hydrogens is 368 g/mol. The van der Waals surface area contributed by atoms with E-state index < -0.39 is 18.1 Å². The molecule has 140 valence electrons. The average Bonchev–Trinajstić information content (AvgIpc) is 3.14. The van der Waals surface area contributed by atoms with Crippen molar-refractivity contribution in [2.24, 2.45) is 0 Å². The minimum atomic E-state index is -0.856. The van der Waals surface area contributed by atoms with Crippen LogP contribution in [0.15, 0.2) is 29.4 Å². The molecule has 0 aliphatic carbocycles. The number of amides is 1. The maximum Gasteiger partial charge on any atom is 0.326 e. The number of carboxylic acids is 1. The van der Waals surface area contributed by atoms with Gasteiger partial charge in [0.1, 0.15) is 24.3 Å². The summed E-state index contributed by atoms with van der Waals surface area (Å²) in [5, 5.41) is 22.7. The molecule has 0 saturated carbocycles. The highest BCUT2D eigenvalue weighted by Gasteiger charge is 2.32. The van der Waals surface area contributed by atoms with Gasteiger partial charge in [-0.05, 0) is 48.4 Å². The Morgan fingerprint density at radius 2 is 2.22 bits per heavy atom. The van der Waals surface area contributed by atoms with Gasteiger partial charge in [-0.2, -0.15) is 0 Å². The van der Waals surface area contributed by atoms with Gasteiger partial charge in [0.2, 0.25) is 0 Å². The van der Waals surface area contributed by atoms with Crippen LogP contribution in [0, 0.1) is 0 Å². The first-order valence-corrected chi connectivity index (χ1v) is 9.44. The molecule has 2 aliphatic heterocycles. The highest BCUT2D eigenvalue weighted by Crippen LogP contribution is 2.32. The van der Waals surface area contributed by atoms with E-state index in [1.165, 1.54) is 6.33 Å². The predicted octanol–water partition coefficient (Wildman–Crippen LogP) is 1.84. The van der Waals surface area contributed by atoms with Crippen molar-refractivity contribution in [2.45, 2.75) is 25.0 Å². The summed E-state index contributed by atoms with van der Waals surface area (Å²) >= 11 is 0.970. The third-order valence-corrected chi connectivity index (χ3v) is 5.69. The van der Waals surface area contributed by atoms with Gasteiger partial charge >= 0.3 is 5.97 Å². The molecule has 27 heavy (non-hydrogen) atoms. The number of carbonyl (C=O) groups excluding carboxylic acids is 1. The van der Waals surface area contributed by atoms with Gasteiger partial charge in [0.05, 0.1) is 5.52 Å². The Morgan fingerprint density at radius 3 is 3.04 bits per heavy atom. The van der Waals surface area contributed by atoms with Gasteiger partial charge in [0.15, 0.2) is 0 Å². The Balaban J connectivity index is 1.75.